The van der Waals surface area contributed by atoms with Crippen molar-refractivity contribution < 1.29 is 23.9 Å². The van der Waals surface area contributed by atoms with E-state index in [-0.39, 0.29) is 30.1 Å². The molecule has 2 saturated heterocycles. The van der Waals surface area contributed by atoms with E-state index in [0.717, 1.165) is 11.3 Å². The van der Waals surface area contributed by atoms with Crippen LogP contribution in [0, 0.1) is 5.92 Å². The van der Waals surface area contributed by atoms with Gasteiger partial charge < -0.3 is 24.6 Å². The summed E-state index contributed by atoms with van der Waals surface area (Å²) in [6.45, 7) is 4.55. The number of hydrogen-bond acceptors (Lipinski definition) is 6. The zero-order chi connectivity index (χ0) is 24.2. The van der Waals surface area contributed by atoms with Crippen molar-refractivity contribution in [2.75, 3.05) is 57.4 Å². The summed E-state index contributed by atoms with van der Waals surface area (Å²) in [6, 6.07) is 15.3. The van der Waals surface area contributed by atoms with Gasteiger partial charge in [0.05, 0.1) is 12.5 Å². The fourth-order valence-corrected chi connectivity index (χ4v) is 4.76. The van der Waals surface area contributed by atoms with Gasteiger partial charge in [-0.15, -0.1) is 0 Å². The van der Waals surface area contributed by atoms with Crippen molar-refractivity contribution in [3.05, 3.63) is 54.1 Å². The van der Waals surface area contributed by atoms with Crippen LogP contribution in [0.3, 0.4) is 0 Å². The van der Waals surface area contributed by atoms with Gasteiger partial charge in [0.25, 0.3) is 0 Å². The Kier molecular flexibility index (Phi) is 6.85. The topological polar surface area (TPSA) is 91.4 Å². The molecule has 9 heteroatoms. The highest BCUT2D eigenvalue weighted by molar-refractivity contribution is 6.00. The maximum Gasteiger partial charge on any atom is 0.234 e. The maximum atomic E-state index is 13.1. The second-order valence-corrected chi connectivity index (χ2v) is 9.10. The lowest BCUT2D eigenvalue weighted by Gasteiger charge is -2.35. The molecule has 2 aromatic carbocycles. The highest BCUT2D eigenvalue weighted by atomic mass is 16.6. The zero-order valence-electron chi connectivity index (χ0n) is 19.7. The van der Waals surface area contributed by atoms with Gasteiger partial charge in [-0.2, -0.15) is 0 Å². The zero-order valence-corrected chi connectivity index (χ0v) is 19.7. The summed E-state index contributed by atoms with van der Waals surface area (Å²) >= 11 is 0. The monoisotopic (exact) mass is 478 g/mol. The third-order valence-corrected chi connectivity index (χ3v) is 6.70. The van der Waals surface area contributed by atoms with Gasteiger partial charge in [-0.05, 0) is 17.7 Å². The van der Waals surface area contributed by atoms with E-state index in [1.54, 1.807) is 11.0 Å². The van der Waals surface area contributed by atoms with Crippen LogP contribution < -0.4 is 19.7 Å². The van der Waals surface area contributed by atoms with E-state index < -0.39 is 0 Å². The molecule has 9 nitrogen and oxygen atoms in total. The van der Waals surface area contributed by atoms with Crippen LogP contribution >= 0.6 is 0 Å². The fourth-order valence-electron chi connectivity index (χ4n) is 4.76. The summed E-state index contributed by atoms with van der Waals surface area (Å²) in [4.78, 5) is 43.7. The molecule has 1 unspecified atom stereocenters. The molecule has 2 fully saturated rings. The number of hydrogen-bond donors (Lipinski definition) is 1. The Morgan fingerprint density at radius 1 is 0.943 bits per heavy atom. The molecule has 0 saturated carbocycles. The van der Waals surface area contributed by atoms with Crippen LogP contribution in [0.5, 0.6) is 11.5 Å². The number of fused-ring (bicyclic) bond motifs is 1. The molecule has 0 aromatic heterocycles. The van der Waals surface area contributed by atoms with Gasteiger partial charge in [0.15, 0.2) is 11.5 Å². The molecule has 0 spiro atoms. The number of nitrogens with zero attached hydrogens (tertiary/aromatic N) is 3. The van der Waals surface area contributed by atoms with E-state index in [0.29, 0.717) is 70.5 Å². The molecule has 2 aromatic rings. The molecule has 1 N–H and O–H groups in total. The number of carbonyl (C=O) groups excluding carboxylic acids is 3. The Morgan fingerprint density at radius 3 is 2.46 bits per heavy atom. The Balaban J connectivity index is 1.09. The molecule has 3 amide bonds. The van der Waals surface area contributed by atoms with Crippen molar-refractivity contribution in [3.63, 3.8) is 0 Å². The van der Waals surface area contributed by atoms with E-state index in [4.69, 9.17) is 9.47 Å². The molecule has 184 valence electrons. The largest absolute Gasteiger partial charge is 0.486 e. The van der Waals surface area contributed by atoms with E-state index in [9.17, 15) is 14.4 Å². The molecule has 35 heavy (non-hydrogen) atoms. The Hall–Kier alpha value is -3.59. The summed E-state index contributed by atoms with van der Waals surface area (Å²) in [5, 5.41) is 2.95. The molecule has 3 heterocycles. The minimum Gasteiger partial charge on any atom is -0.486 e. The molecule has 0 aliphatic carbocycles. The van der Waals surface area contributed by atoms with E-state index in [2.05, 4.69) is 10.2 Å². The number of benzene rings is 2. The Labute approximate surface area is 204 Å². The number of piperazine rings is 1. The number of carbonyl (C=O) groups is 3. The van der Waals surface area contributed by atoms with Crippen molar-refractivity contribution in [1.82, 2.24) is 15.1 Å². The highest BCUT2D eigenvalue weighted by Crippen LogP contribution is 2.36. The molecule has 1 atom stereocenters. The van der Waals surface area contributed by atoms with Crippen molar-refractivity contribution in [2.24, 2.45) is 5.92 Å². The summed E-state index contributed by atoms with van der Waals surface area (Å²) in [6.07, 6.45) is 0.204. The van der Waals surface area contributed by atoms with Gasteiger partial charge >= 0.3 is 0 Å². The predicted octanol–water partition coefficient (Wildman–Crippen LogP) is 1.27. The first-order valence-corrected chi connectivity index (χ1v) is 12.1. The van der Waals surface area contributed by atoms with Crippen LogP contribution in [0.1, 0.15) is 12.0 Å². The Morgan fingerprint density at radius 2 is 1.69 bits per heavy atom. The lowest BCUT2D eigenvalue weighted by atomic mass is 10.1. The molecule has 5 rings (SSSR count). The summed E-state index contributed by atoms with van der Waals surface area (Å²) in [7, 11) is 0. The van der Waals surface area contributed by atoms with Gasteiger partial charge in [-0.3, -0.25) is 19.3 Å². The van der Waals surface area contributed by atoms with Crippen molar-refractivity contribution in [3.8, 4) is 11.5 Å². The molecule has 3 aliphatic heterocycles. The molecule has 3 aliphatic rings. The van der Waals surface area contributed by atoms with Crippen LogP contribution in [0.2, 0.25) is 0 Å². The maximum absolute atomic E-state index is 13.1. The van der Waals surface area contributed by atoms with Gasteiger partial charge in [0.2, 0.25) is 17.7 Å². The number of nitrogens with one attached hydrogen (secondary N) is 1. The van der Waals surface area contributed by atoms with Gasteiger partial charge in [-0.25, -0.2) is 0 Å². The first-order valence-electron chi connectivity index (χ1n) is 12.1. The second-order valence-electron chi connectivity index (χ2n) is 9.10. The van der Waals surface area contributed by atoms with Gasteiger partial charge in [0.1, 0.15) is 13.2 Å². The van der Waals surface area contributed by atoms with Crippen LogP contribution in [0.25, 0.3) is 0 Å². The fraction of sp³-hybridized carbons (Fsp3) is 0.423. The average molecular weight is 479 g/mol. The van der Waals surface area contributed by atoms with Crippen LogP contribution in [0.4, 0.5) is 5.69 Å². The lowest BCUT2D eigenvalue weighted by Crippen LogP contribution is -2.52. The lowest BCUT2D eigenvalue weighted by molar-refractivity contribution is -0.137. The number of ether oxygens (including phenoxy) is 2. The average Bonchev–Trinajstić information content (AvgIpc) is 3.29. The van der Waals surface area contributed by atoms with E-state index in [1.165, 1.54) is 0 Å². The van der Waals surface area contributed by atoms with E-state index in [1.807, 2.05) is 47.4 Å². The first kappa shape index (κ1) is 23.2. The van der Waals surface area contributed by atoms with Crippen molar-refractivity contribution >= 4 is 23.4 Å². The molecular weight excluding hydrogens is 448 g/mol. The summed E-state index contributed by atoms with van der Waals surface area (Å²) in [5.74, 6) is 0.855. The van der Waals surface area contributed by atoms with Crippen LogP contribution in [-0.2, 0) is 20.9 Å². The second kappa shape index (κ2) is 10.4. The standard InChI is InChI=1S/C26H30N4O5/c31-24(27-16-19-4-2-1-3-5-19)18-28-8-10-29(11-9-28)26(33)20-14-25(32)30(17-20)21-6-7-22-23(15-21)35-13-12-34-22/h1-7,15,20H,8-14,16-18H2,(H,27,31). The van der Waals surface area contributed by atoms with Crippen LogP contribution in [0.15, 0.2) is 48.5 Å². The third kappa shape index (κ3) is 5.40. The smallest absolute Gasteiger partial charge is 0.234 e. The number of amides is 3. The number of rotatable bonds is 6. The quantitative estimate of drug-likeness (QED) is 0.673. The van der Waals surface area contributed by atoms with E-state index >= 15 is 0 Å². The molecule has 0 radical (unpaired) electrons. The molecular formula is C26H30N4O5. The van der Waals surface area contributed by atoms with Crippen LogP contribution in [-0.4, -0.2) is 80.0 Å². The SMILES string of the molecule is O=C(CN1CCN(C(=O)C2CC(=O)N(c3ccc4c(c3)OCCO4)C2)CC1)NCc1ccccc1. The Bertz CT molecular complexity index is 1080. The first-order chi connectivity index (χ1) is 17.1. The third-order valence-electron chi connectivity index (χ3n) is 6.70. The van der Waals surface area contributed by atoms with Gasteiger partial charge in [0, 0.05) is 57.4 Å². The number of anilines is 1. The van der Waals surface area contributed by atoms with Crippen molar-refractivity contribution in [2.45, 2.75) is 13.0 Å². The summed E-state index contributed by atoms with van der Waals surface area (Å²) < 4.78 is 11.2. The predicted molar refractivity (Wildman–Crippen MR) is 129 cm³/mol. The van der Waals surface area contributed by atoms with Crippen molar-refractivity contribution in [1.29, 1.82) is 0 Å². The van der Waals surface area contributed by atoms with Gasteiger partial charge in [-0.1, -0.05) is 30.3 Å². The minimum atomic E-state index is -0.364. The molecule has 0 bridgehead atoms. The normalized spacial score (nSPS) is 20.1. The minimum absolute atomic E-state index is 0.00609. The highest BCUT2D eigenvalue weighted by Gasteiger charge is 2.38. The summed E-state index contributed by atoms with van der Waals surface area (Å²) in [5.41, 5.74) is 1.79.